The van der Waals surface area contributed by atoms with E-state index in [9.17, 15) is 0 Å². The van der Waals surface area contributed by atoms with Crippen LogP contribution < -0.4 is 10.6 Å². The lowest BCUT2D eigenvalue weighted by atomic mass is 10.1. The molecule has 0 fully saturated rings. The van der Waals surface area contributed by atoms with Crippen LogP contribution in [0.3, 0.4) is 0 Å². The Bertz CT molecular complexity index is 873. The van der Waals surface area contributed by atoms with Crippen molar-refractivity contribution in [1.29, 1.82) is 0 Å². The quantitative estimate of drug-likeness (QED) is 0.300. The van der Waals surface area contributed by atoms with Crippen molar-refractivity contribution in [2.24, 2.45) is 4.99 Å². The molecule has 28 heavy (non-hydrogen) atoms. The molecule has 1 heterocycles. The molecule has 0 aliphatic rings. The van der Waals surface area contributed by atoms with Crippen LogP contribution in [0.15, 0.2) is 72.0 Å². The first kappa shape index (κ1) is 21.9. The number of hydrogen-bond acceptors (Lipinski definition) is 2. The van der Waals surface area contributed by atoms with Gasteiger partial charge in [0.2, 0.25) is 0 Å². The van der Waals surface area contributed by atoms with Gasteiger partial charge in [0, 0.05) is 31.9 Å². The zero-order valence-electron chi connectivity index (χ0n) is 16.4. The number of nitrogens with one attached hydrogen (secondary N) is 2. The molecule has 0 aliphatic carbocycles. The highest BCUT2D eigenvalue weighted by molar-refractivity contribution is 14.0. The lowest BCUT2D eigenvalue weighted by Gasteiger charge is -2.13. The maximum absolute atomic E-state index is 4.45. The molecule has 2 N–H and O–H groups in total. The van der Waals surface area contributed by atoms with E-state index in [1.165, 1.54) is 16.7 Å². The maximum atomic E-state index is 4.45. The fraction of sp³-hybridized carbons (Fsp3) is 0.273. The van der Waals surface area contributed by atoms with E-state index in [-0.39, 0.29) is 24.0 Å². The molecule has 6 heteroatoms. The highest BCUT2D eigenvalue weighted by Gasteiger charge is 2.04. The van der Waals surface area contributed by atoms with Crippen molar-refractivity contribution in [2.75, 3.05) is 7.05 Å². The molecular weight excluding hydrogens is 461 g/mol. The molecule has 0 saturated carbocycles. The summed E-state index contributed by atoms with van der Waals surface area (Å²) in [6.07, 6.45) is 5.00. The smallest absolute Gasteiger partial charge is 0.191 e. The topological polar surface area (TPSA) is 54.2 Å². The van der Waals surface area contributed by atoms with Gasteiger partial charge in [-0.2, -0.15) is 5.10 Å². The van der Waals surface area contributed by atoms with Crippen LogP contribution in [0.1, 0.15) is 29.2 Å². The Morgan fingerprint density at radius 2 is 1.61 bits per heavy atom. The molecule has 0 aliphatic heterocycles. The highest BCUT2D eigenvalue weighted by Crippen LogP contribution is 2.09. The van der Waals surface area contributed by atoms with E-state index in [4.69, 9.17) is 0 Å². The molecule has 1 aromatic heterocycles. The van der Waals surface area contributed by atoms with Gasteiger partial charge < -0.3 is 10.6 Å². The Hall–Kier alpha value is -2.35. The molecule has 0 radical (unpaired) electrons. The minimum absolute atomic E-state index is 0. The molecule has 5 nitrogen and oxygen atoms in total. The van der Waals surface area contributed by atoms with Gasteiger partial charge >= 0.3 is 0 Å². The minimum Gasteiger partial charge on any atom is -0.352 e. The third-order valence-corrected chi connectivity index (χ3v) is 4.50. The van der Waals surface area contributed by atoms with Crippen LogP contribution in [0.2, 0.25) is 0 Å². The number of nitrogens with zero attached hydrogens (tertiary/aromatic N) is 3. The highest BCUT2D eigenvalue weighted by atomic mass is 127. The van der Waals surface area contributed by atoms with Crippen molar-refractivity contribution in [1.82, 2.24) is 20.4 Å². The van der Waals surface area contributed by atoms with Gasteiger partial charge in [0.05, 0.1) is 12.7 Å². The van der Waals surface area contributed by atoms with Crippen LogP contribution in [0.5, 0.6) is 0 Å². The largest absolute Gasteiger partial charge is 0.352 e. The summed E-state index contributed by atoms with van der Waals surface area (Å²) in [4.78, 5) is 4.32. The number of halogens is 1. The Morgan fingerprint density at radius 1 is 0.929 bits per heavy atom. The van der Waals surface area contributed by atoms with E-state index in [0.717, 1.165) is 31.0 Å². The molecule has 0 saturated heterocycles. The number of guanidine groups is 1. The van der Waals surface area contributed by atoms with E-state index in [1.54, 1.807) is 7.05 Å². The summed E-state index contributed by atoms with van der Waals surface area (Å²) >= 11 is 0. The van der Waals surface area contributed by atoms with Crippen molar-refractivity contribution in [2.45, 2.75) is 33.0 Å². The molecule has 0 unspecified atom stereocenters. The maximum Gasteiger partial charge on any atom is 0.191 e. The molecule has 0 spiro atoms. The summed E-state index contributed by atoms with van der Waals surface area (Å²) in [6.45, 7) is 4.40. The van der Waals surface area contributed by atoms with Crippen LogP contribution in [0, 0.1) is 0 Å². The van der Waals surface area contributed by atoms with Crippen LogP contribution in [-0.4, -0.2) is 22.8 Å². The zero-order chi connectivity index (χ0) is 18.9. The SMILES string of the molecule is CCc1ccccc1CNC(=NC)NCc1cnn(Cc2ccccc2)c1.I. The molecular formula is C22H28IN5. The van der Waals surface area contributed by atoms with Gasteiger partial charge in [-0.05, 0) is 23.1 Å². The molecule has 3 rings (SSSR count). The minimum atomic E-state index is 0. The molecule has 0 atom stereocenters. The van der Waals surface area contributed by atoms with Crippen LogP contribution in [0.25, 0.3) is 0 Å². The van der Waals surface area contributed by atoms with E-state index in [0.29, 0.717) is 6.54 Å². The molecule has 148 valence electrons. The fourth-order valence-electron chi connectivity index (χ4n) is 3.01. The Labute approximate surface area is 184 Å². The lowest BCUT2D eigenvalue weighted by molar-refractivity contribution is 0.685. The van der Waals surface area contributed by atoms with E-state index in [1.807, 2.05) is 29.1 Å². The van der Waals surface area contributed by atoms with Crippen LogP contribution >= 0.6 is 24.0 Å². The number of rotatable bonds is 7. The van der Waals surface area contributed by atoms with E-state index >= 15 is 0 Å². The second kappa shape index (κ2) is 11.5. The van der Waals surface area contributed by atoms with Crippen LogP contribution in [0.4, 0.5) is 0 Å². The summed E-state index contributed by atoms with van der Waals surface area (Å²) < 4.78 is 1.96. The molecule has 2 aromatic carbocycles. The normalized spacial score (nSPS) is 11.0. The predicted molar refractivity (Wildman–Crippen MR) is 126 cm³/mol. The first-order chi connectivity index (χ1) is 13.3. The Kier molecular flexibility index (Phi) is 9.00. The first-order valence-electron chi connectivity index (χ1n) is 9.35. The second-order valence-corrected chi connectivity index (χ2v) is 6.43. The average molecular weight is 489 g/mol. The van der Waals surface area contributed by atoms with Gasteiger partial charge in [-0.1, -0.05) is 61.5 Å². The van der Waals surface area contributed by atoms with Gasteiger partial charge in [-0.25, -0.2) is 0 Å². The third kappa shape index (κ3) is 6.37. The average Bonchev–Trinajstić information content (AvgIpc) is 3.16. The Morgan fingerprint density at radius 3 is 2.32 bits per heavy atom. The van der Waals surface area contributed by atoms with E-state index in [2.05, 4.69) is 70.2 Å². The number of aromatic nitrogens is 2. The van der Waals surface area contributed by atoms with Crippen molar-refractivity contribution in [3.63, 3.8) is 0 Å². The summed E-state index contributed by atoms with van der Waals surface area (Å²) in [7, 11) is 1.79. The third-order valence-electron chi connectivity index (χ3n) is 4.50. The zero-order valence-corrected chi connectivity index (χ0v) is 18.8. The predicted octanol–water partition coefficient (Wildman–Crippen LogP) is 3.98. The van der Waals surface area contributed by atoms with Crippen molar-refractivity contribution in [3.05, 3.63) is 89.2 Å². The van der Waals surface area contributed by atoms with Gasteiger partial charge in [-0.15, -0.1) is 24.0 Å². The standard InChI is InChI=1S/C22H27N5.HI/c1-3-20-11-7-8-12-21(20)15-25-22(23-2)24-13-19-14-26-27(17-19)16-18-9-5-4-6-10-18;/h4-12,14,17H,3,13,15-16H2,1-2H3,(H2,23,24,25);1H. The Balaban J connectivity index is 0.00000280. The van der Waals surface area contributed by atoms with Gasteiger partial charge in [-0.3, -0.25) is 9.67 Å². The number of aliphatic imine (C=N–C) groups is 1. The molecule has 0 amide bonds. The molecule has 3 aromatic rings. The monoisotopic (exact) mass is 489 g/mol. The summed E-state index contributed by atoms with van der Waals surface area (Å²) in [5.74, 6) is 0.789. The summed E-state index contributed by atoms with van der Waals surface area (Å²) in [5.41, 5.74) is 5.04. The fourth-order valence-corrected chi connectivity index (χ4v) is 3.01. The van der Waals surface area contributed by atoms with Crippen LogP contribution in [-0.2, 0) is 26.1 Å². The summed E-state index contributed by atoms with van der Waals surface area (Å²) in [6, 6.07) is 18.8. The van der Waals surface area contributed by atoms with Gasteiger partial charge in [0.1, 0.15) is 0 Å². The number of hydrogen-bond donors (Lipinski definition) is 2. The van der Waals surface area contributed by atoms with Gasteiger partial charge in [0.25, 0.3) is 0 Å². The number of benzene rings is 2. The first-order valence-corrected chi connectivity index (χ1v) is 9.35. The summed E-state index contributed by atoms with van der Waals surface area (Å²) in [5, 5.41) is 11.2. The second-order valence-electron chi connectivity index (χ2n) is 6.43. The van der Waals surface area contributed by atoms with Gasteiger partial charge in [0.15, 0.2) is 5.96 Å². The molecule has 0 bridgehead atoms. The lowest BCUT2D eigenvalue weighted by Crippen LogP contribution is -2.36. The van der Waals surface area contributed by atoms with Crippen molar-refractivity contribution in [3.8, 4) is 0 Å². The van der Waals surface area contributed by atoms with E-state index < -0.39 is 0 Å². The number of aryl methyl sites for hydroxylation is 1. The van der Waals surface area contributed by atoms with Crippen molar-refractivity contribution >= 4 is 29.9 Å². The van der Waals surface area contributed by atoms with Crippen molar-refractivity contribution < 1.29 is 0 Å².